The normalized spacial score (nSPS) is 10.4. The van der Waals surface area contributed by atoms with Gasteiger partial charge in [-0.1, -0.05) is 12.1 Å². The van der Waals surface area contributed by atoms with Crippen molar-refractivity contribution in [1.82, 2.24) is 0 Å². The van der Waals surface area contributed by atoms with Crippen molar-refractivity contribution in [3.05, 3.63) is 58.9 Å². The number of nitrogens with zero attached hydrogens (tertiary/aromatic N) is 1. The number of rotatable bonds is 4. The van der Waals surface area contributed by atoms with E-state index in [1.165, 1.54) is 19.2 Å². The van der Waals surface area contributed by atoms with Crippen molar-refractivity contribution in [2.24, 2.45) is 0 Å². The number of carbonyl (C=O) groups excluding carboxylic acids is 1. The van der Waals surface area contributed by atoms with Gasteiger partial charge < -0.3 is 14.7 Å². The molecule has 0 aliphatic heterocycles. The highest BCUT2D eigenvalue weighted by Gasteiger charge is 2.12. The zero-order valence-electron chi connectivity index (χ0n) is 12.8. The van der Waals surface area contributed by atoms with Gasteiger partial charge in [-0.25, -0.2) is 9.18 Å². The van der Waals surface area contributed by atoms with Crippen LogP contribution in [0.1, 0.15) is 21.5 Å². The third kappa shape index (κ3) is 3.36. The minimum Gasteiger partial charge on any atom is -0.508 e. The van der Waals surface area contributed by atoms with Crippen molar-refractivity contribution in [2.75, 3.05) is 19.1 Å². The molecule has 2 aromatic rings. The molecule has 4 nitrogen and oxygen atoms in total. The van der Waals surface area contributed by atoms with E-state index in [1.54, 1.807) is 18.0 Å². The highest BCUT2D eigenvalue weighted by molar-refractivity contribution is 5.91. The second-order valence-corrected chi connectivity index (χ2v) is 5.13. The molecule has 0 amide bonds. The highest BCUT2D eigenvalue weighted by Crippen LogP contribution is 2.24. The Labute approximate surface area is 128 Å². The average molecular weight is 303 g/mol. The van der Waals surface area contributed by atoms with E-state index in [2.05, 4.69) is 0 Å². The molecular weight excluding hydrogens is 285 g/mol. The summed E-state index contributed by atoms with van der Waals surface area (Å²) in [6.07, 6.45) is 0. The first kappa shape index (κ1) is 15.8. The van der Waals surface area contributed by atoms with Crippen molar-refractivity contribution >= 4 is 11.7 Å². The lowest BCUT2D eigenvalue weighted by atomic mass is 10.0. The number of hydrogen-bond acceptors (Lipinski definition) is 4. The van der Waals surface area contributed by atoms with Crippen LogP contribution in [0.15, 0.2) is 36.4 Å². The second kappa shape index (κ2) is 6.47. The lowest BCUT2D eigenvalue weighted by Gasteiger charge is -2.20. The van der Waals surface area contributed by atoms with E-state index in [4.69, 9.17) is 4.74 Å². The molecule has 0 aliphatic rings. The SMILES string of the molecule is COC(=O)c1ccc(CN(C)c2ccc(O)cc2F)cc1C. The van der Waals surface area contributed by atoms with Gasteiger partial charge in [0.1, 0.15) is 11.6 Å². The van der Waals surface area contributed by atoms with E-state index in [-0.39, 0.29) is 11.7 Å². The molecule has 0 aliphatic carbocycles. The second-order valence-electron chi connectivity index (χ2n) is 5.13. The lowest BCUT2D eigenvalue weighted by molar-refractivity contribution is 0.0600. The summed E-state index contributed by atoms with van der Waals surface area (Å²) in [5, 5.41) is 9.25. The Morgan fingerprint density at radius 2 is 2.00 bits per heavy atom. The summed E-state index contributed by atoms with van der Waals surface area (Å²) < 4.78 is 18.5. The fourth-order valence-corrected chi connectivity index (χ4v) is 2.33. The molecule has 0 aromatic heterocycles. The molecule has 5 heteroatoms. The first-order chi connectivity index (χ1) is 10.4. The van der Waals surface area contributed by atoms with Gasteiger partial charge in [0.15, 0.2) is 0 Å². The van der Waals surface area contributed by atoms with E-state index >= 15 is 0 Å². The summed E-state index contributed by atoms with van der Waals surface area (Å²) in [7, 11) is 3.11. The molecule has 0 radical (unpaired) electrons. The zero-order valence-corrected chi connectivity index (χ0v) is 12.8. The molecule has 0 saturated carbocycles. The van der Waals surface area contributed by atoms with Gasteiger partial charge in [0.25, 0.3) is 0 Å². The Balaban J connectivity index is 2.20. The number of carbonyl (C=O) groups is 1. The number of halogens is 1. The van der Waals surface area contributed by atoms with Crippen LogP contribution >= 0.6 is 0 Å². The molecule has 0 fully saturated rings. The summed E-state index contributed by atoms with van der Waals surface area (Å²) in [6, 6.07) is 9.45. The molecule has 0 unspecified atom stereocenters. The van der Waals surface area contributed by atoms with E-state index < -0.39 is 5.82 Å². The quantitative estimate of drug-likeness (QED) is 0.881. The predicted octanol–water partition coefficient (Wildman–Crippen LogP) is 3.26. The molecule has 2 rings (SSSR count). The fraction of sp³-hybridized carbons (Fsp3) is 0.235. The summed E-state index contributed by atoms with van der Waals surface area (Å²) in [5.41, 5.74) is 2.67. The Morgan fingerprint density at radius 1 is 1.27 bits per heavy atom. The topological polar surface area (TPSA) is 49.8 Å². The third-order valence-corrected chi connectivity index (χ3v) is 3.46. The molecular formula is C17H18FNO3. The summed E-state index contributed by atoms with van der Waals surface area (Å²) in [4.78, 5) is 13.3. The van der Waals surface area contributed by atoms with Gasteiger partial charge in [0, 0.05) is 19.7 Å². The molecule has 0 saturated heterocycles. The van der Waals surface area contributed by atoms with Crippen LogP contribution in [0.25, 0.3) is 0 Å². The maximum atomic E-state index is 13.8. The molecule has 0 spiro atoms. The largest absolute Gasteiger partial charge is 0.508 e. The lowest BCUT2D eigenvalue weighted by Crippen LogP contribution is -2.18. The van der Waals surface area contributed by atoms with Crippen molar-refractivity contribution in [3.63, 3.8) is 0 Å². The Kier molecular flexibility index (Phi) is 4.65. The number of methoxy groups -OCH3 is 1. The number of aromatic hydroxyl groups is 1. The van der Waals surface area contributed by atoms with Gasteiger partial charge in [0.2, 0.25) is 0 Å². The van der Waals surface area contributed by atoms with Gasteiger partial charge in [-0.2, -0.15) is 0 Å². The highest BCUT2D eigenvalue weighted by atomic mass is 19.1. The molecule has 0 heterocycles. The fourth-order valence-electron chi connectivity index (χ4n) is 2.33. The van der Waals surface area contributed by atoms with Crippen LogP contribution in [0.2, 0.25) is 0 Å². The van der Waals surface area contributed by atoms with Crippen molar-refractivity contribution < 1.29 is 19.0 Å². The Bertz CT molecular complexity index is 700. The van der Waals surface area contributed by atoms with Crippen molar-refractivity contribution in [1.29, 1.82) is 0 Å². The predicted molar refractivity (Wildman–Crippen MR) is 82.7 cm³/mol. The van der Waals surface area contributed by atoms with Gasteiger partial charge >= 0.3 is 5.97 Å². The zero-order chi connectivity index (χ0) is 16.3. The number of esters is 1. The number of phenols is 1. The molecule has 1 N–H and O–H groups in total. The molecule has 2 aromatic carbocycles. The summed E-state index contributed by atoms with van der Waals surface area (Å²) >= 11 is 0. The van der Waals surface area contributed by atoms with E-state index in [0.29, 0.717) is 17.8 Å². The first-order valence-corrected chi connectivity index (χ1v) is 6.80. The third-order valence-electron chi connectivity index (χ3n) is 3.46. The minimum atomic E-state index is -0.481. The molecule has 0 bridgehead atoms. The van der Waals surface area contributed by atoms with Crippen LogP contribution in [0, 0.1) is 12.7 Å². The monoisotopic (exact) mass is 303 g/mol. The number of anilines is 1. The van der Waals surface area contributed by atoms with E-state index in [1.807, 2.05) is 19.1 Å². The van der Waals surface area contributed by atoms with Gasteiger partial charge in [0.05, 0.1) is 18.4 Å². The summed E-state index contributed by atoms with van der Waals surface area (Å²) in [5.74, 6) is -0.958. The number of benzene rings is 2. The van der Waals surface area contributed by atoms with Gasteiger partial charge in [-0.05, 0) is 36.2 Å². The molecule has 0 atom stereocenters. The van der Waals surface area contributed by atoms with Crippen LogP contribution in [0.5, 0.6) is 5.75 Å². The van der Waals surface area contributed by atoms with Crippen LogP contribution in [-0.2, 0) is 11.3 Å². The summed E-state index contributed by atoms with van der Waals surface area (Å²) in [6.45, 7) is 2.31. The number of aryl methyl sites for hydroxylation is 1. The minimum absolute atomic E-state index is 0.104. The van der Waals surface area contributed by atoms with Gasteiger partial charge in [-0.15, -0.1) is 0 Å². The molecule has 116 valence electrons. The van der Waals surface area contributed by atoms with Crippen LogP contribution in [0.3, 0.4) is 0 Å². The Morgan fingerprint density at radius 3 is 2.59 bits per heavy atom. The maximum absolute atomic E-state index is 13.8. The number of phenolic OH excluding ortho intramolecular Hbond substituents is 1. The van der Waals surface area contributed by atoms with E-state index in [0.717, 1.165) is 17.2 Å². The molecule has 22 heavy (non-hydrogen) atoms. The maximum Gasteiger partial charge on any atom is 0.338 e. The standard InChI is InChI=1S/C17H18FNO3/c1-11-8-12(4-6-14(11)17(21)22-3)10-19(2)16-7-5-13(20)9-15(16)18/h4-9,20H,10H2,1-3H3. The van der Waals surface area contributed by atoms with Crippen molar-refractivity contribution in [2.45, 2.75) is 13.5 Å². The smallest absolute Gasteiger partial charge is 0.338 e. The van der Waals surface area contributed by atoms with Crippen LogP contribution in [0.4, 0.5) is 10.1 Å². The first-order valence-electron chi connectivity index (χ1n) is 6.80. The average Bonchev–Trinajstić information content (AvgIpc) is 2.46. The Hall–Kier alpha value is -2.56. The number of hydrogen-bond donors (Lipinski definition) is 1. The van der Waals surface area contributed by atoms with E-state index in [9.17, 15) is 14.3 Å². The van der Waals surface area contributed by atoms with Gasteiger partial charge in [-0.3, -0.25) is 0 Å². The number of ether oxygens (including phenoxy) is 1. The van der Waals surface area contributed by atoms with Crippen LogP contribution in [-0.4, -0.2) is 25.2 Å². The van der Waals surface area contributed by atoms with Crippen LogP contribution < -0.4 is 4.90 Å². The van der Waals surface area contributed by atoms with Crippen molar-refractivity contribution in [3.8, 4) is 5.75 Å².